The van der Waals surface area contributed by atoms with Crippen LogP contribution in [0, 0.1) is 23.7 Å². The highest BCUT2D eigenvalue weighted by Gasteiger charge is 2.78. The fourth-order valence-corrected chi connectivity index (χ4v) is 5.16. The van der Waals surface area contributed by atoms with Crippen LogP contribution in [0.2, 0.25) is 0 Å². The molecule has 0 unspecified atom stereocenters. The molecule has 0 amide bonds. The molecule has 0 aliphatic heterocycles. The van der Waals surface area contributed by atoms with Gasteiger partial charge in [0.25, 0.3) is 0 Å². The highest BCUT2D eigenvalue weighted by Crippen LogP contribution is 2.77. The minimum Gasteiger partial charge on any atom is -0.101 e. The largest absolute Gasteiger partial charge is 0.125 e. The Morgan fingerprint density at radius 1 is 0.714 bits per heavy atom. The topological polar surface area (TPSA) is 0 Å². The van der Waals surface area contributed by atoms with Crippen LogP contribution < -0.4 is 0 Å². The van der Waals surface area contributed by atoms with Crippen molar-refractivity contribution < 1.29 is 0 Å². The van der Waals surface area contributed by atoms with Gasteiger partial charge < -0.3 is 0 Å². The van der Waals surface area contributed by atoms with Crippen LogP contribution in [0.25, 0.3) is 0 Å². The zero-order valence-electron chi connectivity index (χ0n) is 7.65. The predicted molar refractivity (Wildman–Crippen MR) is 61.3 cm³/mol. The van der Waals surface area contributed by atoms with Gasteiger partial charge in [-0.05, 0) is 24.7 Å². The minimum atomic E-state index is -0.529. The van der Waals surface area contributed by atoms with E-state index in [0.717, 1.165) is 12.8 Å². The van der Waals surface area contributed by atoms with Crippen LogP contribution in [0.1, 0.15) is 25.7 Å². The zero-order chi connectivity index (χ0) is 10.1. The van der Waals surface area contributed by atoms with Crippen molar-refractivity contribution in [1.82, 2.24) is 0 Å². The molecule has 0 N–H and O–H groups in total. The lowest BCUT2D eigenvalue weighted by Gasteiger charge is -2.03. The van der Waals surface area contributed by atoms with E-state index in [1.807, 2.05) is 0 Å². The first-order valence-electron chi connectivity index (χ1n) is 5.23. The maximum atomic E-state index is 6.26. The number of hydrogen-bond acceptors (Lipinski definition) is 0. The van der Waals surface area contributed by atoms with Gasteiger partial charge in [0.1, 0.15) is 8.67 Å². The highest BCUT2D eigenvalue weighted by molar-refractivity contribution is 6.53. The van der Waals surface area contributed by atoms with E-state index in [0.29, 0.717) is 23.7 Å². The minimum absolute atomic E-state index is 0.353. The number of alkyl halides is 4. The molecular weight excluding hydrogens is 262 g/mol. The number of hydrogen-bond donors (Lipinski definition) is 0. The Kier molecular flexibility index (Phi) is 2.13. The van der Waals surface area contributed by atoms with E-state index in [1.165, 1.54) is 12.8 Å². The van der Waals surface area contributed by atoms with Gasteiger partial charge in [-0.3, -0.25) is 0 Å². The second kappa shape index (κ2) is 2.88. The molecule has 3 aliphatic carbocycles. The van der Waals surface area contributed by atoms with Crippen LogP contribution in [-0.4, -0.2) is 8.67 Å². The van der Waals surface area contributed by atoms with Gasteiger partial charge >= 0.3 is 0 Å². The standard InChI is InChI=1S/C10H12Cl4/c11-9(12)5-3-1-2-4-6-8(7(5)9)10(6,13)14/h5-8H,1-4H2/t5-,6-,7-,8+/m1/s1. The molecule has 0 radical (unpaired) electrons. The first-order chi connectivity index (χ1) is 6.47. The SMILES string of the molecule is ClC1(Cl)[C@@H]2[C@H]3[C@@H](CCCC[C@H]21)C3(Cl)Cl. The molecule has 14 heavy (non-hydrogen) atoms. The van der Waals surface area contributed by atoms with Gasteiger partial charge in [0.15, 0.2) is 0 Å². The summed E-state index contributed by atoms with van der Waals surface area (Å²) in [6.07, 6.45) is 4.72. The van der Waals surface area contributed by atoms with E-state index in [4.69, 9.17) is 46.4 Å². The molecule has 0 aromatic rings. The maximum Gasteiger partial charge on any atom is 0.125 e. The molecule has 3 rings (SSSR count). The van der Waals surface area contributed by atoms with Crippen molar-refractivity contribution in [3.05, 3.63) is 0 Å². The van der Waals surface area contributed by atoms with Gasteiger partial charge in [0.05, 0.1) is 0 Å². The first-order valence-corrected chi connectivity index (χ1v) is 6.74. The molecule has 4 atom stereocenters. The maximum absolute atomic E-state index is 6.26. The molecule has 80 valence electrons. The predicted octanol–water partition coefficient (Wildman–Crippen LogP) is 4.40. The van der Waals surface area contributed by atoms with Gasteiger partial charge in [-0.15, -0.1) is 46.4 Å². The highest BCUT2D eigenvalue weighted by atomic mass is 35.5. The van der Waals surface area contributed by atoms with Crippen molar-refractivity contribution in [3.8, 4) is 0 Å². The fourth-order valence-electron chi connectivity index (χ4n) is 3.28. The molecule has 3 saturated carbocycles. The Bertz CT molecular complexity index is 245. The molecular formula is C10H12Cl4. The van der Waals surface area contributed by atoms with Crippen LogP contribution in [0.5, 0.6) is 0 Å². The summed E-state index contributed by atoms with van der Waals surface area (Å²) in [5.74, 6) is 1.59. The number of rotatable bonds is 0. The van der Waals surface area contributed by atoms with Gasteiger partial charge in [0.2, 0.25) is 0 Å². The van der Waals surface area contributed by atoms with Crippen LogP contribution >= 0.6 is 46.4 Å². The summed E-state index contributed by atoms with van der Waals surface area (Å²) >= 11 is 25.0. The summed E-state index contributed by atoms with van der Waals surface area (Å²) in [4.78, 5) is 0. The third-order valence-electron chi connectivity index (χ3n) is 4.19. The van der Waals surface area contributed by atoms with Gasteiger partial charge in [-0.1, -0.05) is 12.8 Å². The molecule has 0 heterocycles. The smallest absolute Gasteiger partial charge is 0.101 e. The van der Waals surface area contributed by atoms with E-state index in [2.05, 4.69) is 0 Å². The van der Waals surface area contributed by atoms with Crippen LogP contribution in [0.3, 0.4) is 0 Å². The van der Waals surface area contributed by atoms with Crippen molar-refractivity contribution >= 4 is 46.4 Å². The summed E-state index contributed by atoms with van der Waals surface area (Å²) in [6, 6.07) is 0. The second-order valence-corrected chi connectivity index (χ2v) is 7.79. The Hall–Kier alpha value is 1.16. The summed E-state index contributed by atoms with van der Waals surface area (Å²) in [6.45, 7) is 0. The Morgan fingerprint density at radius 2 is 1.07 bits per heavy atom. The quantitative estimate of drug-likeness (QED) is 0.574. The third-order valence-corrected chi connectivity index (χ3v) is 6.32. The normalized spacial score (nSPS) is 52.3. The van der Waals surface area contributed by atoms with E-state index in [1.54, 1.807) is 0 Å². The van der Waals surface area contributed by atoms with Crippen molar-refractivity contribution in [2.24, 2.45) is 23.7 Å². The summed E-state index contributed by atoms with van der Waals surface area (Å²) in [7, 11) is 0. The van der Waals surface area contributed by atoms with E-state index in [9.17, 15) is 0 Å². The molecule has 0 spiro atoms. The monoisotopic (exact) mass is 272 g/mol. The van der Waals surface area contributed by atoms with Gasteiger partial charge in [0, 0.05) is 11.8 Å². The van der Waals surface area contributed by atoms with E-state index < -0.39 is 8.67 Å². The lowest BCUT2D eigenvalue weighted by atomic mass is 10.0. The van der Waals surface area contributed by atoms with Crippen molar-refractivity contribution in [2.45, 2.75) is 34.3 Å². The van der Waals surface area contributed by atoms with Crippen molar-refractivity contribution in [3.63, 3.8) is 0 Å². The Balaban J connectivity index is 1.85. The molecule has 3 fully saturated rings. The van der Waals surface area contributed by atoms with Crippen LogP contribution in [0.15, 0.2) is 0 Å². The van der Waals surface area contributed by atoms with Crippen molar-refractivity contribution in [1.29, 1.82) is 0 Å². The molecule has 3 aliphatic rings. The summed E-state index contributed by atoms with van der Waals surface area (Å²) in [5, 5.41) is 0. The lowest BCUT2D eigenvalue weighted by molar-refractivity contribution is 0.467. The average molecular weight is 274 g/mol. The fraction of sp³-hybridized carbons (Fsp3) is 1.00. The Labute approximate surface area is 104 Å². The molecule has 0 bridgehead atoms. The lowest BCUT2D eigenvalue weighted by Crippen LogP contribution is -1.98. The molecule has 0 nitrogen and oxygen atoms in total. The third kappa shape index (κ3) is 1.21. The van der Waals surface area contributed by atoms with E-state index in [-0.39, 0.29) is 0 Å². The van der Waals surface area contributed by atoms with Gasteiger partial charge in [-0.25, -0.2) is 0 Å². The second-order valence-electron chi connectivity index (χ2n) is 4.90. The number of fused-ring (bicyclic) bond motifs is 3. The molecule has 0 aromatic heterocycles. The van der Waals surface area contributed by atoms with Crippen molar-refractivity contribution in [2.75, 3.05) is 0 Å². The van der Waals surface area contributed by atoms with Gasteiger partial charge in [-0.2, -0.15) is 0 Å². The summed E-state index contributed by atoms with van der Waals surface area (Å²) < 4.78 is -1.06. The average Bonchev–Trinajstić information content (AvgIpc) is 2.67. The van der Waals surface area contributed by atoms with Crippen LogP contribution in [-0.2, 0) is 0 Å². The summed E-state index contributed by atoms with van der Waals surface area (Å²) in [5.41, 5.74) is 0. The molecule has 4 heteroatoms. The van der Waals surface area contributed by atoms with E-state index >= 15 is 0 Å². The zero-order valence-corrected chi connectivity index (χ0v) is 10.7. The molecule has 0 saturated heterocycles. The molecule has 0 aromatic carbocycles. The number of halogens is 4. The van der Waals surface area contributed by atoms with Crippen LogP contribution in [0.4, 0.5) is 0 Å². The first kappa shape index (κ1) is 10.3. The Morgan fingerprint density at radius 3 is 1.43 bits per heavy atom.